The van der Waals surface area contributed by atoms with E-state index in [2.05, 4.69) is 26.1 Å². The van der Waals surface area contributed by atoms with Crippen LogP contribution in [0.15, 0.2) is 42.5 Å². The first kappa shape index (κ1) is 17.3. The Hall–Kier alpha value is -1.09. The molecule has 0 saturated carbocycles. The molecule has 0 unspecified atom stereocenters. The Morgan fingerprint density at radius 3 is 2.41 bits per heavy atom. The number of hydrogen-bond acceptors (Lipinski definition) is 2. The van der Waals surface area contributed by atoms with E-state index in [0.29, 0.717) is 14.9 Å². The third kappa shape index (κ3) is 4.45. The van der Waals surface area contributed by atoms with E-state index in [1.165, 1.54) is 0 Å². The van der Waals surface area contributed by atoms with Crippen LogP contribution in [0.1, 0.15) is 31.9 Å². The SMILES string of the molecule is CC(C)(C)CNc1ccccc1C(=S)c1cc(Cl)ccc1Cl. The Morgan fingerprint density at radius 1 is 1.05 bits per heavy atom. The van der Waals surface area contributed by atoms with Crippen molar-refractivity contribution in [3.05, 3.63) is 63.6 Å². The minimum atomic E-state index is 0.183. The first-order chi connectivity index (χ1) is 10.3. The van der Waals surface area contributed by atoms with Gasteiger partial charge < -0.3 is 5.32 Å². The van der Waals surface area contributed by atoms with Crippen LogP contribution in [0.4, 0.5) is 5.69 Å². The molecule has 1 N–H and O–H groups in total. The van der Waals surface area contributed by atoms with E-state index in [0.717, 1.165) is 23.4 Å². The van der Waals surface area contributed by atoms with Crippen LogP contribution in [0.3, 0.4) is 0 Å². The summed E-state index contributed by atoms with van der Waals surface area (Å²) in [6.45, 7) is 7.42. The van der Waals surface area contributed by atoms with Crippen molar-refractivity contribution in [2.75, 3.05) is 11.9 Å². The van der Waals surface area contributed by atoms with Crippen molar-refractivity contribution in [1.82, 2.24) is 0 Å². The van der Waals surface area contributed by atoms with Gasteiger partial charge in [-0.05, 0) is 29.7 Å². The number of nitrogens with one attached hydrogen (secondary N) is 1. The summed E-state index contributed by atoms with van der Waals surface area (Å²) in [5, 5.41) is 4.71. The zero-order valence-electron chi connectivity index (χ0n) is 12.9. The topological polar surface area (TPSA) is 12.0 Å². The fourth-order valence-electron chi connectivity index (χ4n) is 2.01. The standard InChI is InChI=1S/C18H19Cl2NS/c1-18(2,3)11-21-16-7-5-4-6-13(16)17(22)14-10-12(19)8-9-15(14)20/h4-10,21H,11H2,1-3H3. The summed E-state index contributed by atoms with van der Waals surface area (Å²) in [6, 6.07) is 13.4. The number of anilines is 1. The zero-order valence-corrected chi connectivity index (χ0v) is 15.2. The lowest BCUT2D eigenvalue weighted by molar-refractivity contribution is 0.443. The highest BCUT2D eigenvalue weighted by Crippen LogP contribution is 2.27. The monoisotopic (exact) mass is 351 g/mol. The van der Waals surface area contributed by atoms with Crippen LogP contribution in [0.25, 0.3) is 0 Å². The summed E-state index contributed by atoms with van der Waals surface area (Å²) in [7, 11) is 0. The molecule has 2 rings (SSSR count). The Bertz CT molecular complexity index is 690. The first-order valence-electron chi connectivity index (χ1n) is 7.10. The molecule has 22 heavy (non-hydrogen) atoms. The summed E-state index contributed by atoms with van der Waals surface area (Å²) in [5.41, 5.74) is 2.95. The Labute approximate surface area is 147 Å². The molecule has 0 amide bonds. The molecule has 1 nitrogen and oxygen atoms in total. The van der Waals surface area contributed by atoms with Crippen LogP contribution in [0.5, 0.6) is 0 Å². The van der Waals surface area contributed by atoms with Crippen LogP contribution in [-0.4, -0.2) is 11.4 Å². The fourth-order valence-corrected chi connectivity index (χ4v) is 2.80. The molecule has 0 atom stereocenters. The predicted molar refractivity (Wildman–Crippen MR) is 102 cm³/mol. The van der Waals surface area contributed by atoms with Gasteiger partial charge in [0.25, 0.3) is 0 Å². The lowest BCUT2D eigenvalue weighted by atomic mass is 9.96. The minimum Gasteiger partial charge on any atom is -0.384 e. The molecule has 116 valence electrons. The van der Waals surface area contributed by atoms with Crippen LogP contribution in [-0.2, 0) is 0 Å². The van der Waals surface area contributed by atoms with Gasteiger partial charge in [-0.25, -0.2) is 0 Å². The summed E-state index contributed by atoms with van der Waals surface area (Å²) in [4.78, 5) is 0.699. The smallest absolute Gasteiger partial charge is 0.0558 e. The number of thiocarbonyl (C=S) groups is 1. The van der Waals surface area contributed by atoms with Gasteiger partial charge in [-0.15, -0.1) is 0 Å². The van der Waals surface area contributed by atoms with Gasteiger partial charge in [-0.3, -0.25) is 0 Å². The quantitative estimate of drug-likeness (QED) is 0.518. The molecule has 0 spiro atoms. The second-order valence-corrected chi connectivity index (χ2v) is 7.66. The molecule has 0 aliphatic rings. The molecule has 0 aliphatic heterocycles. The van der Waals surface area contributed by atoms with E-state index in [9.17, 15) is 0 Å². The summed E-state index contributed by atoms with van der Waals surface area (Å²) in [6.07, 6.45) is 0. The average Bonchev–Trinajstić information content (AvgIpc) is 2.46. The van der Waals surface area contributed by atoms with Gasteiger partial charge in [0.15, 0.2) is 0 Å². The molecule has 0 aliphatic carbocycles. The van der Waals surface area contributed by atoms with Gasteiger partial charge in [0.1, 0.15) is 0 Å². The Balaban J connectivity index is 2.36. The summed E-state index contributed by atoms with van der Waals surface area (Å²) >= 11 is 18.0. The van der Waals surface area contributed by atoms with E-state index in [-0.39, 0.29) is 5.41 Å². The maximum atomic E-state index is 6.28. The highest BCUT2D eigenvalue weighted by atomic mass is 35.5. The molecule has 0 saturated heterocycles. The van der Waals surface area contributed by atoms with E-state index in [1.54, 1.807) is 12.1 Å². The minimum absolute atomic E-state index is 0.183. The Kier molecular flexibility index (Phi) is 5.49. The number of benzene rings is 2. The van der Waals surface area contributed by atoms with Gasteiger partial charge >= 0.3 is 0 Å². The average molecular weight is 352 g/mol. The van der Waals surface area contributed by atoms with Crippen LogP contribution in [0.2, 0.25) is 10.0 Å². The molecule has 0 heterocycles. The summed E-state index contributed by atoms with van der Waals surface area (Å²) < 4.78 is 0. The number of hydrogen-bond donors (Lipinski definition) is 1. The molecular weight excluding hydrogens is 333 g/mol. The molecule has 2 aromatic carbocycles. The normalized spacial score (nSPS) is 11.3. The third-order valence-corrected chi connectivity index (χ3v) is 4.16. The van der Waals surface area contributed by atoms with Crippen molar-refractivity contribution in [3.63, 3.8) is 0 Å². The predicted octanol–water partition coefficient (Wildman–Crippen LogP) is 6.22. The Morgan fingerprint density at radius 2 is 1.73 bits per heavy atom. The van der Waals surface area contributed by atoms with E-state index in [1.807, 2.05) is 30.3 Å². The number of halogens is 2. The van der Waals surface area contributed by atoms with Crippen molar-refractivity contribution in [2.45, 2.75) is 20.8 Å². The number of para-hydroxylation sites is 1. The van der Waals surface area contributed by atoms with Crippen molar-refractivity contribution < 1.29 is 0 Å². The summed E-state index contributed by atoms with van der Waals surface area (Å²) in [5.74, 6) is 0. The van der Waals surface area contributed by atoms with Gasteiger partial charge in [0.05, 0.1) is 4.86 Å². The van der Waals surface area contributed by atoms with E-state index < -0.39 is 0 Å². The van der Waals surface area contributed by atoms with Gasteiger partial charge in [-0.1, -0.05) is 74.4 Å². The first-order valence-corrected chi connectivity index (χ1v) is 8.27. The fraction of sp³-hybridized carbons (Fsp3) is 0.278. The second kappa shape index (κ2) is 6.99. The molecule has 2 aromatic rings. The van der Waals surface area contributed by atoms with Crippen LogP contribution in [0, 0.1) is 5.41 Å². The van der Waals surface area contributed by atoms with Gasteiger partial charge in [0, 0.05) is 33.4 Å². The highest BCUT2D eigenvalue weighted by Gasteiger charge is 2.15. The molecule has 0 bridgehead atoms. The lowest BCUT2D eigenvalue weighted by Gasteiger charge is -2.21. The zero-order chi connectivity index (χ0) is 16.3. The van der Waals surface area contributed by atoms with Gasteiger partial charge in [0.2, 0.25) is 0 Å². The molecule has 0 radical (unpaired) electrons. The highest BCUT2D eigenvalue weighted by molar-refractivity contribution is 7.81. The molecular formula is C18H19Cl2NS. The maximum Gasteiger partial charge on any atom is 0.0558 e. The number of rotatable bonds is 4. The third-order valence-electron chi connectivity index (χ3n) is 3.15. The van der Waals surface area contributed by atoms with Crippen molar-refractivity contribution >= 4 is 46.0 Å². The lowest BCUT2D eigenvalue weighted by Crippen LogP contribution is -2.20. The van der Waals surface area contributed by atoms with E-state index >= 15 is 0 Å². The van der Waals surface area contributed by atoms with Crippen molar-refractivity contribution in [3.8, 4) is 0 Å². The van der Waals surface area contributed by atoms with Crippen molar-refractivity contribution in [2.24, 2.45) is 5.41 Å². The second-order valence-electron chi connectivity index (χ2n) is 6.41. The largest absolute Gasteiger partial charge is 0.384 e. The van der Waals surface area contributed by atoms with Crippen molar-refractivity contribution in [1.29, 1.82) is 0 Å². The van der Waals surface area contributed by atoms with E-state index in [4.69, 9.17) is 35.4 Å². The van der Waals surface area contributed by atoms with Gasteiger partial charge in [-0.2, -0.15) is 0 Å². The molecule has 0 aromatic heterocycles. The molecule has 0 fully saturated rings. The van der Waals surface area contributed by atoms with Crippen LogP contribution < -0.4 is 5.32 Å². The van der Waals surface area contributed by atoms with Crippen LogP contribution >= 0.6 is 35.4 Å². The molecule has 4 heteroatoms. The maximum absolute atomic E-state index is 6.28.